The molecule has 0 radical (unpaired) electrons. The van der Waals surface area contributed by atoms with E-state index in [0.717, 1.165) is 39.3 Å². The highest BCUT2D eigenvalue weighted by molar-refractivity contribution is 6.21. The molecular weight excluding hydrogens is 326 g/mol. The maximum absolute atomic E-state index is 12.4. The first-order valence-corrected chi connectivity index (χ1v) is 8.98. The molecule has 0 bridgehead atoms. The molecule has 1 aromatic carbocycles. The Morgan fingerprint density at radius 3 is 2.04 bits per heavy atom. The van der Waals surface area contributed by atoms with Gasteiger partial charge in [0, 0.05) is 45.8 Å². The fourth-order valence-corrected chi connectivity index (χ4v) is 3.45. The van der Waals surface area contributed by atoms with Gasteiger partial charge in [0.15, 0.2) is 0 Å². The van der Waals surface area contributed by atoms with E-state index in [0.29, 0.717) is 17.7 Å². The highest BCUT2D eigenvalue weighted by Crippen LogP contribution is 2.22. The third-order valence-electron chi connectivity index (χ3n) is 4.98. The Labute approximate surface area is 154 Å². The molecule has 2 aliphatic heterocycles. The lowest BCUT2D eigenvalue weighted by molar-refractivity contribution is 0.0617. The minimum Gasteiger partial charge on any atom is -0.299 e. The van der Waals surface area contributed by atoms with Crippen molar-refractivity contribution in [3.05, 3.63) is 72.4 Å². The standard InChI is InChI=1S/C21H25N3O2/c1-3-7-17(4-2)16-23-12-10-22(11-13-23)14-15-24-20(25)18-8-5-6-9-19(18)21(24)26/h3-9H,1-2,10-16H2/b17-7+. The molecule has 2 aliphatic rings. The van der Waals surface area contributed by atoms with E-state index in [1.165, 1.54) is 10.5 Å². The van der Waals surface area contributed by atoms with Crippen LogP contribution >= 0.6 is 0 Å². The zero-order valence-corrected chi connectivity index (χ0v) is 15.1. The van der Waals surface area contributed by atoms with Gasteiger partial charge in [-0.1, -0.05) is 43.5 Å². The largest absolute Gasteiger partial charge is 0.299 e. The van der Waals surface area contributed by atoms with E-state index in [1.807, 2.05) is 12.2 Å². The number of benzene rings is 1. The molecule has 0 N–H and O–H groups in total. The van der Waals surface area contributed by atoms with Crippen molar-refractivity contribution in [2.75, 3.05) is 45.8 Å². The lowest BCUT2D eigenvalue weighted by Gasteiger charge is -2.35. The maximum atomic E-state index is 12.4. The number of imide groups is 1. The third kappa shape index (κ3) is 3.84. The van der Waals surface area contributed by atoms with Crippen molar-refractivity contribution in [3.63, 3.8) is 0 Å². The number of piperazine rings is 1. The Morgan fingerprint density at radius 2 is 1.50 bits per heavy atom. The molecule has 0 unspecified atom stereocenters. The number of hydrogen-bond donors (Lipinski definition) is 0. The Kier molecular flexibility index (Phi) is 5.81. The summed E-state index contributed by atoms with van der Waals surface area (Å²) in [5, 5.41) is 0. The molecule has 26 heavy (non-hydrogen) atoms. The number of amides is 2. The van der Waals surface area contributed by atoms with Gasteiger partial charge in [0.05, 0.1) is 11.1 Å². The van der Waals surface area contributed by atoms with Crippen LogP contribution in [-0.2, 0) is 0 Å². The fourth-order valence-electron chi connectivity index (χ4n) is 3.45. The molecule has 0 aromatic heterocycles. The molecule has 2 amide bonds. The second-order valence-electron chi connectivity index (χ2n) is 6.61. The van der Waals surface area contributed by atoms with Crippen LogP contribution in [0.15, 0.2) is 61.2 Å². The zero-order chi connectivity index (χ0) is 18.5. The Morgan fingerprint density at radius 1 is 0.923 bits per heavy atom. The minimum atomic E-state index is -0.172. The van der Waals surface area contributed by atoms with Crippen LogP contribution in [-0.4, -0.2) is 72.3 Å². The number of carbonyl (C=O) groups is 2. The molecule has 136 valence electrons. The first-order valence-electron chi connectivity index (χ1n) is 8.98. The van der Waals surface area contributed by atoms with Crippen LogP contribution in [0.2, 0.25) is 0 Å². The summed E-state index contributed by atoms with van der Waals surface area (Å²) in [7, 11) is 0. The first-order chi connectivity index (χ1) is 12.6. The highest BCUT2D eigenvalue weighted by Gasteiger charge is 2.35. The van der Waals surface area contributed by atoms with E-state index >= 15 is 0 Å². The molecule has 1 aromatic rings. The normalized spacial score (nSPS) is 18.9. The van der Waals surface area contributed by atoms with Gasteiger partial charge in [-0.2, -0.15) is 0 Å². The van der Waals surface area contributed by atoms with Crippen molar-refractivity contribution in [2.24, 2.45) is 0 Å². The van der Waals surface area contributed by atoms with E-state index in [2.05, 4.69) is 23.0 Å². The lowest BCUT2D eigenvalue weighted by atomic mass is 10.1. The van der Waals surface area contributed by atoms with E-state index < -0.39 is 0 Å². The van der Waals surface area contributed by atoms with Gasteiger partial charge in [0.1, 0.15) is 0 Å². The molecule has 3 rings (SSSR count). The summed E-state index contributed by atoms with van der Waals surface area (Å²) in [4.78, 5) is 30.9. The quantitative estimate of drug-likeness (QED) is 0.558. The van der Waals surface area contributed by atoms with Crippen LogP contribution in [0, 0.1) is 0 Å². The van der Waals surface area contributed by atoms with Crippen molar-refractivity contribution >= 4 is 11.8 Å². The van der Waals surface area contributed by atoms with Crippen LogP contribution in [0.3, 0.4) is 0 Å². The van der Waals surface area contributed by atoms with Crippen molar-refractivity contribution < 1.29 is 9.59 Å². The van der Waals surface area contributed by atoms with Crippen molar-refractivity contribution in [1.82, 2.24) is 14.7 Å². The summed E-state index contributed by atoms with van der Waals surface area (Å²) in [5.41, 5.74) is 2.21. The van der Waals surface area contributed by atoms with Gasteiger partial charge >= 0.3 is 0 Å². The number of hydrogen-bond acceptors (Lipinski definition) is 4. The van der Waals surface area contributed by atoms with Crippen molar-refractivity contribution in [3.8, 4) is 0 Å². The molecule has 0 atom stereocenters. The van der Waals surface area contributed by atoms with Gasteiger partial charge in [0.2, 0.25) is 0 Å². The van der Waals surface area contributed by atoms with Crippen LogP contribution in [0.1, 0.15) is 20.7 Å². The molecule has 0 aliphatic carbocycles. The summed E-state index contributed by atoms with van der Waals surface area (Å²) in [5.74, 6) is -0.344. The second-order valence-corrected chi connectivity index (χ2v) is 6.61. The van der Waals surface area contributed by atoms with Crippen molar-refractivity contribution in [2.45, 2.75) is 0 Å². The van der Waals surface area contributed by atoms with E-state index in [1.54, 1.807) is 30.3 Å². The average molecular weight is 351 g/mol. The minimum absolute atomic E-state index is 0.172. The summed E-state index contributed by atoms with van der Waals surface area (Å²) in [6.45, 7) is 13.4. The number of fused-ring (bicyclic) bond motifs is 1. The van der Waals surface area contributed by atoms with E-state index in [9.17, 15) is 9.59 Å². The maximum Gasteiger partial charge on any atom is 0.261 e. The summed E-state index contributed by atoms with van der Waals surface area (Å²) in [6, 6.07) is 7.04. The SMILES string of the molecule is C=C/C=C(\C=C)CN1CCN(CCN2C(=O)c3ccccc3C2=O)CC1. The average Bonchev–Trinajstić information content (AvgIpc) is 2.91. The molecule has 2 heterocycles. The van der Waals surface area contributed by atoms with Gasteiger partial charge in [-0.15, -0.1) is 0 Å². The van der Waals surface area contributed by atoms with Crippen LogP contribution < -0.4 is 0 Å². The lowest BCUT2D eigenvalue weighted by Crippen LogP contribution is -2.49. The number of nitrogens with zero attached hydrogens (tertiary/aromatic N) is 3. The van der Waals surface area contributed by atoms with Gasteiger partial charge in [0.25, 0.3) is 11.8 Å². The molecule has 5 heteroatoms. The first kappa shape index (κ1) is 18.3. The van der Waals surface area contributed by atoms with E-state index in [-0.39, 0.29) is 11.8 Å². The number of rotatable bonds is 7. The van der Waals surface area contributed by atoms with Gasteiger partial charge in [-0.3, -0.25) is 24.3 Å². The molecule has 1 saturated heterocycles. The van der Waals surface area contributed by atoms with Crippen LogP contribution in [0.5, 0.6) is 0 Å². The second kappa shape index (κ2) is 8.25. The number of allylic oxidation sites excluding steroid dienone is 2. The summed E-state index contributed by atoms with van der Waals surface area (Å²) < 4.78 is 0. The Bertz CT molecular complexity index is 710. The summed E-state index contributed by atoms with van der Waals surface area (Å²) >= 11 is 0. The molecule has 5 nitrogen and oxygen atoms in total. The van der Waals surface area contributed by atoms with Gasteiger partial charge in [-0.25, -0.2) is 0 Å². The van der Waals surface area contributed by atoms with Crippen LogP contribution in [0.4, 0.5) is 0 Å². The predicted molar refractivity (Wildman–Crippen MR) is 103 cm³/mol. The fraction of sp³-hybridized carbons (Fsp3) is 0.333. The van der Waals surface area contributed by atoms with Crippen molar-refractivity contribution in [1.29, 1.82) is 0 Å². The summed E-state index contributed by atoms with van der Waals surface area (Å²) in [6.07, 6.45) is 5.65. The van der Waals surface area contributed by atoms with Gasteiger partial charge in [-0.05, 0) is 17.7 Å². The van der Waals surface area contributed by atoms with Gasteiger partial charge < -0.3 is 0 Å². The zero-order valence-electron chi connectivity index (χ0n) is 15.1. The monoisotopic (exact) mass is 351 g/mol. The Balaban J connectivity index is 1.48. The predicted octanol–water partition coefficient (Wildman–Crippen LogP) is 2.20. The smallest absolute Gasteiger partial charge is 0.261 e. The molecular formula is C21H25N3O2. The topological polar surface area (TPSA) is 43.9 Å². The molecule has 1 fully saturated rings. The Hall–Kier alpha value is -2.50. The third-order valence-corrected chi connectivity index (χ3v) is 4.98. The molecule has 0 saturated carbocycles. The van der Waals surface area contributed by atoms with E-state index in [4.69, 9.17) is 0 Å². The molecule has 0 spiro atoms. The highest BCUT2D eigenvalue weighted by atomic mass is 16.2. The van der Waals surface area contributed by atoms with Crippen LogP contribution in [0.25, 0.3) is 0 Å². The number of carbonyl (C=O) groups excluding carboxylic acids is 2.